The van der Waals surface area contributed by atoms with Gasteiger partial charge in [0.1, 0.15) is 5.82 Å². The molecular weight excluding hydrogens is 444 g/mol. The van der Waals surface area contributed by atoms with Gasteiger partial charge in [-0.05, 0) is 55.0 Å². The summed E-state index contributed by atoms with van der Waals surface area (Å²) >= 11 is 0. The normalized spacial score (nSPS) is 10.9. The molecule has 3 aromatic carbocycles. The summed E-state index contributed by atoms with van der Waals surface area (Å²) in [6, 6.07) is 18.3. The molecule has 0 atom stereocenters. The molecule has 35 heavy (non-hydrogen) atoms. The molecule has 178 valence electrons. The number of nitrogens with zero attached hydrogens (tertiary/aromatic N) is 2. The van der Waals surface area contributed by atoms with Crippen LogP contribution in [0.25, 0.3) is 23.1 Å². The summed E-state index contributed by atoms with van der Waals surface area (Å²) in [7, 11) is 4.69. The van der Waals surface area contributed by atoms with Crippen LogP contribution in [0.1, 0.15) is 17.0 Å². The predicted octanol–water partition coefficient (Wildman–Crippen LogP) is 5.78. The number of para-hydroxylation sites is 1. The average molecular weight is 471 g/mol. The summed E-state index contributed by atoms with van der Waals surface area (Å²) in [5, 5.41) is 6.41. The maximum absolute atomic E-state index is 12.7. The number of hydrogen-bond acceptors (Lipinski definition) is 6. The van der Waals surface area contributed by atoms with Crippen molar-refractivity contribution < 1.29 is 19.0 Å². The van der Waals surface area contributed by atoms with E-state index in [1.165, 1.54) is 0 Å². The molecule has 0 unspecified atom stereocenters. The van der Waals surface area contributed by atoms with Crippen molar-refractivity contribution in [3.05, 3.63) is 77.6 Å². The number of aromatic nitrogens is 2. The Kier molecular flexibility index (Phi) is 7.11. The van der Waals surface area contributed by atoms with Crippen molar-refractivity contribution in [2.75, 3.05) is 32.0 Å². The van der Waals surface area contributed by atoms with Crippen LogP contribution < -0.4 is 24.8 Å². The molecule has 2 N–H and O–H groups in total. The fraction of sp³-hybridized carbons (Fsp3) is 0.148. The maximum Gasteiger partial charge on any atom is 0.324 e. The van der Waals surface area contributed by atoms with E-state index in [9.17, 15) is 4.79 Å². The van der Waals surface area contributed by atoms with Crippen molar-refractivity contribution in [3.8, 4) is 17.2 Å². The standard InChI is InChI=1S/C27H26N4O4/c1-17-9-12-19(13-10-17)28-27(32)31-26-20-7-5-6-8-21(20)29-24(30-26)14-11-18-15-22(33-2)25(35-4)23(16-18)34-3/h5-16H,1-4H3,(H2,28,29,30,31,32)/b14-11+. The van der Waals surface area contributed by atoms with Crippen LogP contribution >= 0.6 is 0 Å². The van der Waals surface area contributed by atoms with Crippen LogP contribution in [0.15, 0.2) is 60.7 Å². The molecule has 1 aromatic heterocycles. The Bertz CT molecular complexity index is 1360. The summed E-state index contributed by atoms with van der Waals surface area (Å²) in [6.07, 6.45) is 3.60. The quantitative estimate of drug-likeness (QED) is 0.356. The molecule has 2 amide bonds. The van der Waals surface area contributed by atoms with Crippen molar-refractivity contribution in [2.45, 2.75) is 6.92 Å². The lowest BCUT2D eigenvalue weighted by atomic mass is 10.1. The largest absolute Gasteiger partial charge is 0.493 e. The van der Waals surface area contributed by atoms with Gasteiger partial charge in [-0.25, -0.2) is 14.8 Å². The molecule has 0 spiro atoms. The number of amides is 2. The number of anilines is 2. The number of urea groups is 1. The number of fused-ring (bicyclic) bond motifs is 1. The van der Waals surface area contributed by atoms with Gasteiger partial charge in [-0.3, -0.25) is 5.32 Å². The minimum Gasteiger partial charge on any atom is -0.493 e. The molecule has 0 fully saturated rings. The van der Waals surface area contributed by atoms with Gasteiger partial charge in [0.05, 0.1) is 26.8 Å². The van der Waals surface area contributed by atoms with E-state index in [1.807, 2.05) is 73.7 Å². The molecule has 4 aromatic rings. The fourth-order valence-corrected chi connectivity index (χ4v) is 3.54. The van der Waals surface area contributed by atoms with Crippen LogP contribution in [0.3, 0.4) is 0 Å². The zero-order chi connectivity index (χ0) is 24.8. The predicted molar refractivity (Wildman–Crippen MR) is 138 cm³/mol. The third kappa shape index (κ3) is 5.50. The van der Waals surface area contributed by atoms with E-state index in [1.54, 1.807) is 27.4 Å². The van der Waals surface area contributed by atoms with Gasteiger partial charge in [-0.1, -0.05) is 35.9 Å². The lowest BCUT2D eigenvalue weighted by molar-refractivity contribution is 0.262. The summed E-state index contributed by atoms with van der Waals surface area (Å²) in [6.45, 7) is 1.99. The highest BCUT2D eigenvalue weighted by molar-refractivity contribution is 6.04. The Morgan fingerprint density at radius 2 is 1.51 bits per heavy atom. The highest BCUT2D eigenvalue weighted by atomic mass is 16.5. The van der Waals surface area contributed by atoms with E-state index in [2.05, 4.69) is 20.6 Å². The Hall–Kier alpha value is -4.59. The Morgan fingerprint density at radius 3 is 2.17 bits per heavy atom. The van der Waals surface area contributed by atoms with Crippen molar-refractivity contribution in [2.24, 2.45) is 0 Å². The molecule has 8 nitrogen and oxygen atoms in total. The van der Waals surface area contributed by atoms with Gasteiger partial charge < -0.3 is 19.5 Å². The number of aryl methyl sites for hydroxylation is 1. The highest BCUT2D eigenvalue weighted by Gasteiger charge is 2.13. The van der Waals surface area contributed by atoms with E-state index in [4.69, 9.17) is 14.2 Å². The van der Waals surface area contributed by atoms with Crippen molar-refractivity contribution in [1.82, 2.24) is 9.97 Å². The molecular formula is C27H26N4O4. The third-order valence-corrected chi connectivity index (χ3v) is 5.27. The summed E-state index contributed by atoms with van der Waals surface area (Å²) < 4.78 is 16.2. The van der Waals surface area contributed by atoms with E-state index in [0.717, 1.165) is 16.5 Å². The van der Waals surface area contributed by atoms with Gasteiger partial charge in [0, 0.05) is 11.1 Å². The topological polar surface area (TPSA) is 94.6 Å². The van der Waals surface area contributed by atoms with E-state index >= 15 is 0 Å². The Morgan fingerprint density at radius 1 is 0.829 bits per heavy atom. The minimum atomic E-state index is -0.391. The first kappa shape index (κ1) is 23.6. The fourth-order valence-electron chi connectivity index (χ4n) is 3.54. The summed E-state index contributed by atoms with van der Waals surface area (Å²) in [4.78, 5) is 21.8. The number of benzene rings is 3. The van der Waals surface area contributed by atoms with Gasteiger partial charge >= 0.3 is 6.03 Å². The second kappa shape index (κ2) is 10.6. The maximum atomic E-state index is 12.7. The lowest BCUT2D eigenvalue weighted by Crippen LogP contribution is -2.20. The molecule has 0 radical (unpaired) electrons. The molecule has 0 aliphatic carbocycles. The van der Waals surface area contributed by atoms with Crippen molar-refractivity contribution in [1.29, 1.82) is 0 Å². The zero-order valence-corrected chi connectivity index (χ0v) is 20.0. The van der Waals surface area contributed by atoms with Crippen molar-refractivity contribution >= 4 is 40.6 Å². The second-order valence-corrected chi connectivity index (χ2v) is 7.68. The summed E-state index contributed by atoms with van der Waals surface area (Å²) in [5.41, 5.74) is 3.32. The van der Waals surface area contributed by atoms with E-state index in [0.29, 0.717) is 40.1 Å². The number of nitrogens with one attached hydrogen (secondary N) is 2. The number of hydrogen-bond donors (Lipinski definition) is 2. The molecule has 0 saturated carbocycles. The number of methoxy groups -OCH3 is 3. The molecule has 1 heterocycles. The number of carbonyl (C=O) groups excluding carboxylic acids is 1. The average Bonchev–Trinajstić information content (AvgIpc) is 2.88. The van der Waals surface area contributed by atoms with Crippen LogP contribution in [0.2, 0.25) is 0 Å². The number of carbonyl (C=O) groups is 1. The zero-order valence-electron chi connectivity index (χ0n) is 20.0. The molecule has 8 heteroatoms. The van der Waals surface area contributed by atoms with Gasteiger partial charge in [-0.15, -0.1) is 0 Å². The van der Waals surface area contributed by atoms with Crippen LogP contribution in [0.5, 0.6) is 17.2 Å². The first-order valence-electron chi connectivity index (χ1n) is 10.9. The van der Waals surface area contributed by atoms with Crippen LogP contribution in [0.4, 0.5) is 16.3 Å². The van der Waals surface area contributed by atoms with Crippen LogP contribution in [-0.4, -0.2) is 37.3 Å². The van der Waals surface area contributed by atoms with Gasteiger partial charge in [0.25, 0.3) is 0 Å². The van der Waals surface area contributed by atoms with Crippen molar-refractivity contribution in [3.63, 3.8) is 0 Å². The van der Waals surface area contributed by atoms with E-state index < -0.39 is 6.03 Å². The van der Waals surface area contributed by atoms with Crippen LogP contribution in [-0.2, 0) is 0 Å². The number of ether oxygens (including phenoxy) is 3. The lowest BCUT2D eigenvalue weighted by Gasteiger charge is -2.13. The molecule has 4 rings (SSSR count). The molecule has 0 saturated heterocycles. The van der Waals surface area contributed by atoms with Gasteiger partial charge in [0.15, 0.2) is 17.3 Å². The SMILES string of the molecule is COc1cc(/C=C/c2nc(NC(=O)Nc3ccc(C)cc3)c3ccccc3n2)cc(OC)c1OC. The van der Waals surface area contributed by atoms with Crippen LogP contribution in [0, 0.1) is 6.92 Å². The third-order valence-electron chi connectivity index (χ3n) is 5.27. The van der Waals surface area contributed by atoms with Gasteiger partial charge in [0.2, 0.25) is 5.75 Å². The first-order chi connectivity index (χ1) is 17.0. The molecule has 0 aliphatic rings. The number of rotatable bonds is 7. The minimum absolute atomic E-state index is 0.391. The Labute approximate surface area is 203 Å². The highest BCUT2D eigenvalue weighted by Crippen LogP contribution is 2.38. The van der Waals surface area contributed by atoms with Gasteiger partial charge in [-0.2, -0.15) is 0 Å². The second-order valence-electron chi connectivity index (χ2n) is 7.68. The Balaban J connectivity index is 1.64. The molecule has 0 bridgehead atoms. The first-order valence-corrected chi connectivity index (χ1v) is 10.9. The molecule has 0 aliphatic heterocycles. The smallest absolute Gasteiger partial charge is 0.324 e. The monoisotopic (exact) mass is 470 g/mol. The summed E-state index contributed by atoms with van der Waals surface area (Å²) in [5.74, 6) is 2.44. The van der Waals surface area contributed by atoms with E-state index in [-0.39, 0.29) is 0 Å².